The summed E-state index contributed by atoms with van der Waals surface area (Å²) in [5.41, 5.74) is -1.23. The lowest BCUT2D eigenvalue weighted by Crippen LogP contribution is -2.51. The highest BCUT2D eigenvalue weighted by Crippen LogP contribution is 2.31. The fourth-order valence-electron chi connectivity index (χ4n) is 4.04. The van der Waals surface area contributed by atoms with Crippen LogP contribution in [0.5, 0.6) is 5.75 Å². The highest BCUT2D eigenvalue weighted by Gasteiger charge is 2.49. The number of piperazine rings is 1. The Bertz CT molecular complexity index is 1050. The molecule has 2 aromatic rings. The van der Waals surface area contributed by atoms with Gasteiger partial charge in [0.25, 0.3) is 5.91 Å². The van der Waals surface area contributed by atoms with Crippen LogP contribution in [0.3, 0.4) is 0 Å². The van der Waals surface area contributed by atoms with E-state index >= 15 is 0 Å². The maximum Gasteiger partial charge on any atom is 0.573 e. The van der Waals surface area contributed by atoms with E-state index in [9.17, 15) is 27.6 Å². The van der Waals surface area contributed by atoms with E-state index in [2.05, 4.69) is 21.0 Å². The van der Waals surface area contributed by atoms with Gasteiger partial charge >= 0.3 is 12.4 Å². The monoisotopic (exact) mass is 496 g/mol. The van der Waals surface area contributed by atoms with Crippen LogP contribution in [-0.2, 0) is 21.7 Å². The fourth-order valence-corrected chi connectivity index (χ4v) is 4.79. The maximum absolute atomic E-state index is 13.1. The fraction of sp³-hybridized carbons (Fsp3) is 0.409. The first-order valence-corrected chi connectivity index (χ1v) is 11.5. The number of nitrogens with one attached hydrogen (secondary N) is 1. The normalized spacial score (nSPS) is 21.6. The number of imide groups is 1. The number of hydrogen-bond acceptors (Lipinski definition) is 6. The molecule has 2 saturated heterocycles. The van der Waals surface area contributed by atoms with E-state index in [1.807, 2.05) is 11.4 Å². The highest BCUT2D eigenvalue weighted by atomic mass is 32.1. The minimum absolute atomic E-state index is 0.275. The Morgan fingerprint density at radius 2 is 1.79 bits per heavy atom. The number of ether oxygens (including phenoxy) is 1. The molecule has 0 saturated carbocycles. The molecule has 2 aliphatic heterocycles. The van der Waals surface area contributed by atoms with Crippen LogP contribution in [-0.4, -0.2) is 71.6 Å². The number of benzene rings is 1. The van der Waals surface area contributed by atoms with Crippen LogP contribution in [0.4, 0.5) is 18.0 Å². The number of halogens is 3. The molecule has 1 N–H and O–H groups in total. The molecule has 1 atom stereocenters. The molecule has 0 radical (unpaired) electrons. The van der Waals surface area contributed by atoms with Gasteiger partial charge in [0.1, 0.15) is 17.8 Å². The summed E-state index contributed by atoms with van der Waals surface area (Å²) in [7, 11) is 0. The SMILES string of the molecule is CC1(c2ccc(OC(F)(F)F)cc2)NC(=O)N(CC(=O)N2CCN(Cc3cccs3)CC2)C1=O. The molecule has 0 aliphatic carbocycles. The van der Waals surface area contributed by atoms with Gasteiger partial charge in [-0.15, -0.1) is 24.5 Å². The highest BCUT2D eigenvalue weighted by molar-refractivity contribution is 7.09. The predicted octanol–water partition coefficient (Wildman–Crippen LogP) is 2.76. The molecule has 1 aromatic carbocycles. The number of urea groups is 1. The molecule has 2 aliphatic rings. The molecule has 0 spiro atoms. The number of hydrogen-bond donors (Lipinski definition) is 1. The average Bonchev–Trinajstić information content (AvgIpc) is 3.36. The third-order valence-corrected chi connectivity index (χ3v) is 6.78. The first kappa shape index (κ1) is 24.0. The van der Waals surface area contributed by atoms with Crippen LogP contribution in [0, 0.1) is 0 Å². The molecule has 1 aromatic heterocycles. The average molecular weight is 497 g/mol. The van der Waals surface area contributed by atoms with Crippen molar-refractivity contribution in [2.75, 3.05) is 32.7 Å². The van der Waals surface area contributed by atoms with Crippen molar-refractivity contribution < 1.29 is 32.3 Å². The van der Waals surface area contributed by atoms with E-state index in [4.69, 9.17) is 0 Å². The van der Waals surface area contributed by atoms with Gasteiger partial charge in [0, 0.05) is 37.6 Å². The summed E-state index contributed by atoms with van der Waals surface area (Å²) in [6.07, 6.45) is -4.84. The summed E-state index contributed by atoms with van der Waals surface area (Å²) in [4.78, 5) is 44.3. The van der Waals surface area contributed by atoms with Crippen LogP contribution >= 0.6 is 11.3 Å². The summed E-state index contributed by atoms with van der Waals surface area (Å²) < 4.78 is 41.0. The first-order chi connectivity index (χ1) is 16.0. The summed E-state index contributed by atoms with van der Waals surface area (Å²) in [5.74, 6) is -1.43. The smallest absolute Gasteiger partial charge is 0.406 e. The van der Waals surface area contributed by atoms with E-state index in [-0.39, 0.29) is 11.5 Å². The summed E-state index contributed by atoms with van der Waals surface area (Å²) >= 11 is 1.68. The molecule has 1 unspecified atom stereocenters. The molecule has 12 heteroatoms. The van der Waals surface area contributed by atoms with E-state index in [1.165, 1.54) is 23.9 Å². The minimum atomic E-state index is -4.84. The molecule has 182 valence electrons. The standard InChI is InChI=1S/C22H23F3N4O4S/c1-21(15-4-6-16(7-5-15)33-22(23,24)25)19(31)29(20(32)26-21)14-18(30)28-10-8-27(9-11-28)13-17-3-2-12-34-17/h2-7,12H,8-11,13-14H2,1H3,(H,26,32). The van der Waals surface area contributed by atoms with Crippen LogP contribution < -0.4 is 10.1 Å². The molecule has 8 nitrogen and oxygen atoms in total. The zero-order valence-electron chi connectivity index (χ0n) is 18.3. The Morgan fingerprint density at radius 1 is 1.12 bits per heavy atom. The lowest BCUT2D eigenvalue weighted by molar-refractivity contribution is -0.274. The molecule has 4 rings (SSSR count). The number of carbonyl (C=O) groups excluding carboxylic acids is 3. The van der Waals surface area contributed by atoms with E-state index in [0.717, 1.165) is 23.6 Å². The van der Waals surface area contributed by atoms with Gasteiger partial charge in [-0.25, -0.2) is 4.79 Å². The molecular weight excluding hydrogens is 473 g/mol. The second-order valence-corrected chi connectivity index (χ2v) is 9.29. The number of rotatable bonds is 6. The van der Waals surface area contributed by atoms with Crippen molar-refractivity contribution in [3.05, 3.63) is 52.2 Å². The lowest BCUT2D eigenvalue weighted by atomic mass is 9.92. The van der Waals surface area contributed by atoms with Gasteiger partial charge in [-0.3, -0.25) is 19.4 Å². The Hall–Kier alpha value is -3.12. The molecule has 2 fully saturated rings. The Balaban J connectivity index is 1.35. The minimum Gasteiger partial charge on any atom is -0.406 e. The summed E-state index contributed by atoms with van der Waals surface area (Å²) in [6, 6.07) is 8.01. The maximum atomic E-state index is 13.1. The van der Waals surface area contributed by atoms with E-state index in [0.29, 0.717) is 26.2 Å². The largest absolute Gasteiger partial charge is 0.573 e. The molecule has 34 heavy (non-hydrogen) atoms. The van der Waals surface area contributed by atoms with E-state index in [1.54, 1.807) is 16.2 Å². The van der Waals surface area contributed by atoms with Crippen molar-refractivity contribution in [1.82, 2.24) is 20.0 Å². The number of nitrogens with zero attached hydrogens (tertiary/aromatic N) is 3. The van der Waals surface area contributed by atoms with E-state index < -0.39 is 36.1 Å². The van der Waals surface area contributed by atoms with Gasteiger partial charge in [-0.05, 0) is 36.1 Å². The predicted molar refractivity (Wildman–Crippen MR) is 117 cm³/mol. The Kier molecular flexibility index (Phi) is 6.54. The molecule has 0 bridgehead atoms. The van der Waals surface area contributed by atoms with Crippen LogP contribution in [0.15, 0.2) is 41.8 Å². The zero-order chi connectivity index (χ0) is 24.5. The van der Waals surface area contributed by atoms with Gasteiger partial charge in [0.2, 0.25) is 5.91 Å². The van der Waals surface area contributed by atoms with Crippen LogP contribution in [0.25, 0.3) is 0 Å². The van der Waals surface area contributed by atoms with Gasteiger partial charge in [-0.1, -0.05) is 18.2 Å². The van der Waals surface area contributed by atoms with Crippen LogP contribution in [0.2, 0.25) is 0 Å². The lowest BCUT2D eigenvalue weighted by Gasteiger charge is -2.35. The van der Waals surface area contributed by atoms with Gasteiger partial charge in [-0.2, -0.15) is 0 Å². The number of alkyl halides is 3. The Labute approximate surface area is 197 Å². The second-order valence-electron chi connectivity index (χ2n) is 8.25. The third kappa shape index (κ3) is 5.17. The third-order valence-electron chi connectivity index (χ3n) is 5.92. The van der Waals surface area contributed by atoms with Crippen molar-refractivity contribution in [2.24, 2.45) is 0 Å². The first-order valence-electron chi connectivity index (χ1n) is 10.6. The van der Waals surface area contributed by atoms with Crippen LogP contribution in [0.1, 0.15) is 17.4 Å². The number of thiophene rings is 1. The summed E-state index contributed by atoms with van der Waals surface area (Å²) in [5, 5.41) is 4.57. The van der Waals surface area contributed by atoms with Crippen molar-refractivity contribution >= 4 is 29.2 Å². The topological polar surface area (TPSA) is 82.2 Å². The molecular formula is C22H23F3N4O4S. The van der Waals surface area contributed by atoms with Gasteiger partial charge in [0.05, 0.1) is 0 Å². The zero-order valence-corrected chi connectivity index (χ0v) is 19.1. The summed E-state index contributed by atoms with van der Waals surface area (Å²) in [6.45, 7) is 4.22. The Morgan fingerprint density at radius 3 is 2.38 bits per heavy atom. The quantitative estimate of drug-likeness (QED) is 0.622. The van der Waals surface area contributed by atoms with Crippen molar-refractivity contribution in [1.29, 1.82) is 0 Å². The van der Waals surface area contributed by atoms with Crippen molar-refractivity contribution in [3.63, 3.8) is 0 Å². The second kappa shape index (κ2) is 9.26. The molecule has 4 amide bonds. The number of carbonyl (C=O) groups is 3. The molecule has 3 heterocycles. The van der Waals surface area contributed by atoms with Crippen molar-refractivity contribution in [2.45, 2.75) is 25.4 Å². The van der Waals surface area contributed by atoms with Crippen molar-refractivity contribution in [3.8, 4) is 5.75 Å². The number of amides is 4. The van der Waals surface area contributed by atoms with Gasteiger partial charge < -0.3 is 15.0 Å². The van der Waals surface area contributed by atoms with Gasteiger partial charge in [0.15, 0.2) is 0 Å².